The van der Waals surface area contributed by atoms with Gasteiger partial charge in [0.2, 0.25) is 0 Å². The molecule has 0 radical (unpaired) electrons. The number of nitro groups is 1. The molecule has 0 aliphatic rings. The SMILES string of the molecule is Cc1ccc(C(=O)NCCNC(=O)c2cccc([N+](=O)[O-])c2C)cc1F. The van der Waals surface area contributed by atoms with E-state index in [9.17, 15) is 24.1 Å². The summed E-state index contributed by atoms with van der Waals surface area (Å²) < 4.78 is 13.5. The lowest BCUT2D eigenvalue weighted by atomic mass is 10.1. The summed E-state index contributed by atoms with van der Waals surface area (Å²) in [5.74, 6) is -1.39. The maximum absolute atomic E-state index is 13.5. The summed E-state index contributed by atoms with van der Waals surface area (Å²) in [7, 11) is 0. The Labute approximate surface area is 149 Å². The van der Waals surface area contributed by atoms with Crippen LogP contribution in [0.25, 0.3) is 0 Å². The number of nitrogens with zero attached hydrogens (tertiary/aromatic N) is 1. The van der Waals surface area contributed by atoms with Crippen molar-refractivity contribution in [3.05, 3.63) is 74.6 Å². The van der Waals surface area contributed by atoms with Crippen molar-refractivity contribution in [1.82, 2.24) is 10.6 Å². The molecule has 8 heteroatoms. The second kappa shape index (κ2) is 8.19. The Morgan fingerprint density at radius 1 is 1.08 bits per heavy atom. The van der Waals surface area contributed by atoms with Crippen molar-refractivity contribution >= 4 is 17.5 Å². The van der Waals surface area contributed by atoms with Crippen molar-refractivity contribution in [2.45, 2.75) is 13.8 Å². The molecular formula is C18H18FN3O4. The lowest BCUT2D eigenvalue weighted by molar-refractivity contribution is -0.385. The molecule has 136 valence electrons. The molecule has 2 aromatic rings. The number of aryl methyl sites for hydroxylation is 1. The Morgan fingerprint density at radius 3 is 2.35 bits per heavy atom. The largest absolute Gasteiger partial charge is 0.350 e. The zero-order valence-electron chi connectivity index (χ0n) is 14.3. The first-order chi connectivity index (χ1) is 12.3. The fourth-order valence-corrected chi connectivity index (χ4v) is 2.35. The molecule has 0 aliphatic heterocycles. The number of carbonyl (C=O) groups excluding carboxylic acids is 2. The number of nitro benzene ring substituents is 1. The fourth-order valence-electron chi connectivity index (χ4n) is 2.35. The molecule has 0 bridgehead atoms. The number of nitrogens with one attached hydrogen (secondary N) is 2. The zero-order chi connectivity index (χ0) is 19.3. The van der Waals surface area contributed by atoms with E-state index in [1.54, 1.807) is 6.92 Å². The predicted molar refractivity (Wildman–Crippen MR) is 93.6 cm³/mol. The van der Waals surface area contributed by atoms with Gasteiger partial charge in [0.15, 0.2) is 0 Å². The lowest BCUT2D eigenvalue weighted by Gasteiger charge is -2.09. The number of hydrogen-bond donors (Lipinski definition) is 2. The molecule has 0 fully saturated rings. The molecule has 0 heterocycles. The van der Waals surface area contributed by atoms with Gasteiger partial charge >= 0.3 is 0 Å². The first-order valence-corrected chi connectivity index (χ1v) is 7.88. The monoisotopic (exact) mass is 359 g/mol. The summed E-state index contributed by atoms with van der Waals surface area (Å²) in [6.07, 6.45) is 0. The maximum atomic E-state index is 13.5. The summed E-state index contributed by atoms with van der Waals surface area (Å²) in [5.41, 5.74) is 0.975. The van der Waals surface area contributed by atoms with Crippen LogP contribution in [0.3, 0.4) is 0 Å². The molecule has 2 amide bonds. The Kier molecular flexibility index (Phi) is 6.00. The van der Waals surface area contributed by atoms with Crippen molar-refractivity contribution in [3.8, 4) is 0 Å². The second-order valence-electron chi connectivity index (χ2n) is 5.68. The zero-order valence-corrected chi connectivity index (χ0v) is 14.3. The summed E-state index contributed by atoms with van der Waals surface area (Å²) in [5, 5.41) is 16.1. The van der Waals surface area contributed by atoms with E-state index >= 15 is 0 Å². The predicted octanol–water partition coefficient (Wildman–Crippen LogP) is 2.51. The molecule has 0 saturated carbocycles. The minimum atomic E-state index is -0.549. The van der Waals surface area contributed by atoms with Crippen LogP contribution in [-0.4, -0.2) is 29.8 Å². The highest BCUT2D eigenvalue weighted by molar-refractivity contribution is 5.97. The van der Waals surface area contributed by atoms with Crippen molar-refractivity contribution in [2.75, 3.05) is 13.1 Å². The highest BCUT2D eigenvalue weighted by Gasteiger charge is 2.17. The van der Waals surface area contributed by atoms with Gasteiger partial charge < -0.3 is 10.6 Å². The normalized spacial score (nSPS) is 10.3. The average Bonchev–Trinajstić information content (AvgIpc) is 2.60. The van der Waals surface area contributed by atoms with E-state index < -0.39 is 22.6 Å². The Bertz CT molecular complexity index is 868. The van der Waals surface area contributed by atoms with Gasteiger partial charge in [-0.15, -0.1) is 0 Å². The molecule has 0 aliphatic carbocycles. The number of benzene rings is 2. The minimum Gasteiger partial charge on any atom is -0.350 e. The third-order valence-corrected chi connectivity index (χ3v) is 3.88. The summed E-state index contributed by atoms with van der Waals surface area (Å²) >= 11 is 0. The summed E-state index contributed by atoms with van der Waals surface area (Å²) in [6, 6.07) is 8.43. The first-order valence-electron chi connectivity index (χ1n) is 7.88. The van der Waals surface area contributed by atoms with Crippen LogP contribution in [0.4, 0.5) is 10.1 Å². The molecule has 2 aromatic carbocycles. The topological polar surface area (TPSA) is 101 Å². The second-order valence-corrected chi connectivity index (χ2v) is 5.68. The number of halogens is 1. The van der Waals surface area contributed by atoms with Gasteiger partial charge in [-0.3, -0.25) is 19.7 Å². The maximum Gasteiger partial charge on any atom is 0.273 e. The molecule has 7 nitrogen and oxygen atoms in total. The van der Waals surface area contributed by atoms with E-state index in [0.29, 0.717) is 5.56 Å². The molecule has 26 heavy (non-hydrogen) atoms. The third-order valence-electron chi connectivity index (χ3n) is 3.88. The fraction of sp³-hybridized carbons (Fsp3) is 0.222. The molecule has 0 spiro atoms. The quantitative estimate of drug-likeness (QED) is 0.470. The Morgan fingerprint density at radius 2 is 1.73 bits per heavy atom. The standard InChI is InChI=1S/C18H18FN3O4/c1-11-6-7-13(10-15(11)19)17(23)20-8-9-21-18(24)14-4-3-5-16(12(14)2)22(25)26/h3-7,10H,8-9H2,1-2H3,(H,20,23)(H,21,24). The Balaban J connectivity index is 1.89. The summed E-state index contributed by atoms with van der Waals surface area (Å²) in [4.78, 5) is 34.4. The van der Waals surface area contributed by atoms with E-state index in [1.807, 2.05) is 0 Å². The van der Waals surface area contributed by atoms with Crippen LogP contribution in [0.1, 0.15) is 31.8 Å². The van der Waals surface area contributed by atoms with Crippen LogP contribution < -0.4 is 10.6 Å². The van der Waals surface area contributed by atoms with Gasteiger partial charge in [-0.05, 0) is 37.6 Å². The van der Waals surface area contributed by atoms with Gasteiger partial charge in [0.05, 0.1) is 4.92 Å². The van der Waals surface area contributed by atoms with Gasteiger partial charge in [-0.1, -0.05) is 12.1 Å². The average molecular weight is 359 g/mol. The molecular weight excluding hydrogens is 341 g/mol. The highest BCUT2D eigenvalue weighted by Crippen LogP contribution is 2.20. The van der Waals surface area contributed by atoms with Crippen molar-refractivity contribution in [1.29, 1.82) is 0 Å². The van der Waals surface area contributed by atoms with E-state index in [2.05, 4.69) is 10.6 Å². The van der Waals surface area contributed by atoms with Gasteiger partial charge in [0.25, 0.3) is 17.5 Å². The lowest BCUT2D eigenvalue weighted by Crippen LogP contribution is -2.35. The highest BCUT2D eigenvalue weighted by atomic mass is 19.1. The van der Waals surface area contributed by atoms with Crippen LogP contribution in [-0.2, 0) is 0 Å². The number of rotatable bonds is 6. The van der Waals surface area contributed by atoms with Crippen LogP contribution in [0.15, 0.2) is 36.4 Å². The number of amides is 2. The van der Waals surface area contributed by atoms with E-state index in [4.69, 9.17) is 0 Å². The van der Waals surface area contributed by atoms with Crippen molar-refractivity contribution < 1.29 is 18.9 Å². The molecule has 0 atom stereocenters. The van der Waals surface area contributed by atoms with E-state index in [1.165, 1.54) is 37.3 Å². The van der Waals surface area contributed by atoms with Gasteiger partial charge in [0.1, 0.15) is 5.82 Å². The van der Waals surface area contributed by atoms with Gasteiger partial charge in [-0.25, -0.2) is 4.39 Å². The minimum absolute atomic E-state index is 0.126. The molecule has 0 saturated heterocycles. The van der Waals surface area contributed by atoms with Crippen molar-refractivity contribution in [2.24, 2.45) is 0 Å². The molecule has 2 N–H and O–H groups in total. The smallest absolute Gasteiger partial charge is 0.273 e. The molecule has 0 aromatic heterocycles. The molecule has 2 rings (SSSR count). The van der Waals surface area contributed by atoms with Crippen LogP contribution in [0.5, 0.6) is 0 Å². The summed E-state index contributed by atoms with van der Waals surface area (Å²) in [6.45, 7) is 3.36. The Hall–Kier alpha value is -3.29. The van der Waals surface area contributed by atoms with Crippen LogP contribution >= 0.6 is 0 Å². The van der Waals surface area contributed by atoms with E-state index in [0.717, 1.165) is 6.07 Å². The molecule has 0 unspecified atom stereocenters. The van der Waals surface area contributed by atoms with Crippen LogP contribution in [0, 0.1) is 29.8 Å². The van der Waals surface area contributed by atoms with Gasteiger partial charge in [0, 0.05) is 35.8 Å². The third kappa shape index (κ3) is 4.41. The first kappa shape index (κ1) is 19.0. The van der Waals surface area contributed by atoms with Crippen molar-refractivity contribution in [3.63, 3.8) is 0 Å². The van der Waals surface area contributed by atoms with Crippen LogP contribution in [0.2, 0.25) is 0 Å². The number of carbonyl (C=O) groups is 2. The van der Waals surface area contributed by atoms with E-state index in [-0.39, 0.29) is 35.5 Å². The number of hydrogen-bond acceptors (Lipinski definition) is 4. The van der Waals surface area contributed by atoms with Gasteiger partial charge in [-0.2, -0.15) is 0 Å².